The molecule has 2 aromatic rings. The molecule has 0 saturated carbocycles. The number of nitrogens with one attached hydrogen (secondary N) is 2. The lowest BCUT2D eigenvalue weighted by atomic mass is 9.95. The van der Waals surface area contributed by atoms with E-state index < -0.39 is 11.8 Å². The average Bonchev–Trinajstić information content (AvgIpc) is 2.66. The van der Waals surface area contributed by atoms with Crippen molar-refractivity contribution in [3.05, 3.63) is 53.7 Å². The van der Waals surface area contributed by atoms with Gasteiger partial charge in [-0.05, 0) is 29.5 Å². The number of ether oxygens (including phenoxy) is 1. The Bertz CT molecular complexity index is 740. The van der Waals surface area contributed by atoms with Crippen LogP contribution in [0.1, 0.15) is 37.9 Å². The molecule has 1 heterocycles. The topological polar surface area (TPSA) is 80.3 Å². The number of anilines is 1. The molecule has 1 aromatic heterocycles. The summed E-state index contributed by atoms with van der Waals surface area (Å²) in [6, 6.07) is 11.1. The van der Waals surface area contributed by atoms with Gasteiger partial charge in [-0.3, -0.25) is 9.59 Å². The predicted molar refractivity (Wildman–Crippen MR) is 101 cm³/mol. The van der Waals surface area contributed by atoms with Crippen LogP contribution in [0.2, 0.25) is 0 Å². The van der Waals surface area contributed by atoms with Gasteiger partial charge in [-0.15, -0.1) is 0 Å². The molecule has 26 heavy (non-hydrogen) atoms. The van der Waals surface area contributed by atoms with Crippen LogP contribution in [-0.2, 0) is 16.0 Å². The molecule has 1 atom stereocenters. The molecule has 6 nitrogen and oxygen atoms in total. The van der Waals surface area contributed by atoms with Gasteiger partial charge in [0, 0.05) is 6.07 Å². The summed E-state index contributed by atoms with van der Waals surface area (Å²) in [7, 11) is 1.51. The van der Waals surface area contributed by atoms with Crippen molar-refractivity contribution >= 4 is 17.5 Å². The molecule has 0 radical (unpaired) electrons. The number of benzene rings is 1. The molecular formula is C20H25N3O3. The highest BCUT2D eigenvalue weighted by molar-refractivity contribution is 6.39. The zero-order valence-corrected chi connectivity index (χ0v) is 15.6. The number of rotatable bonds is 6. The van der Waals surface area contributed by atoms with Crippen LogP contribution in [0.3, 0.4) is 0 Å². The Morgan fingerprint density at radius 1 is 1.08 bits per heavy atom. The fourth-order valence-electron chi connectivity index (χ4n) is 2.57. The van der Waals surface area contributed by atoms with E-state index in [9.17, 15) is 9.59 Å². The molecule has 1 aromatic carbocycles. The molecule has 0 fully saturated rings. The summed E-state index contributed by atoms with van der Waals surface area (Å²) in [6.45, 7) is 6.10. The highest BCUT2D eigenvalue weighted by Gasteiger charge is 2.22. The van der Waals surface area contributed by atoms with Crippen LogP contribution in [0.5, 0.6) is 5.88 Å². The lowest BCUT2D eigenvalue weighted by molar-refractivity contribution is -0.136. The summed E-state index contributed by atoms with van der Waals surface area (Å²) >= 11 is 0. The normalized spacial score (nSPS) is 11.7. The van der Waals surface area contributed by atoms with Crippen molar-refractivity contribution in [3.8, 4) is 5.88 Å². The molecule has 138 valence electrons. The third kappa shape index (κ3) is 5.05. The monoisotopic (exact) mass is 355 g/mol. The quantitative estimate of drug-likeness (QED) is 0.780. The molecule has 0 aliphatic carbocycles. The number of nitrogens with zero attached hydrogens (tertiary/aromatic N) is 1. The molecule has 0 aliphatic heterocycles. The number of amides is 2. The first kappa shape index (κ1) is 19.4. The maximum absolute atomic E-state index is 12.3. The first-order valence-corrected chi connectivity index (χ1v) is 8.65. The van der Waals surface area contributed by atoms with Crippen LogP contribution in [0, 0.1) is 5.92 Å². The van der Waals surface area contributed by atoms with Crippen LogP contribution in [0.25, 0.3) is 0 Å². The van der Waals surface area contributed by atoms with Crippen molar-refractivity contribution in [1.29, 1.82) is 0 Å². The Hall–Kier alpha value is -2.89. The van der Waals surface area contributed by atoms with E-state index in [2.05, 4.69) is 22.5 Å². The summed E-state index contributed by atoms with van der Waals surface area (Å²) in [4.78, 5) is 28.5. The van der Waals surface area contributed by atoms with E-state index in [1.165, 1.54) is 18.9 Å². The van der Waals surface area contributed by atoms with Gasteiger partial charge >= 0.3 is 11.8 Å². The Labute approximate surface area is 154 Å². The number of hydrogen-bond donors (Lipinski definition) is 2. The molecule has 0 bridgehead atoms. The number of aromatic nitrogens is 1. The minimum absolute atomic E-state index is 0.141. The van der Waals surface area contributed by atoms with Gasteiger partial charge in [-0.2, -0.15) is 0 Å². The van der Waals surface area contributed by atoms with E-state index in [0.717, 1.165) is 12.0 Å². The second kappa shape index (κ2) is 8.99. The Kier molecular flexibility index (Phi) is 6.72. The van der Waals surface area contributed by atoms with Gasteiger partial charge in [0.15, 0.2) is 0 Å². The van der Waals surface area contributed by atoms with Crippen LogP contribution in [0.4, 0.5) is 5.69 Å². The lowest BCUT2D eigenvalue weighted by Gasteiger charge is -2.23. The van der Waals surface area contributed by atoms with Crippen LogP contribution >= 0.6 is 0 Å². The summed E-state index contributed by atoms with van der Waals surface area (Å²) in [5.74, 6) is -0.836. The zero-order valence-electron chi connectivity index (χ0n) is 15.6. The smallest absolute Gasteiger partial charge is 0.313 e. The summed E-state index contributed by atoms with van der Waals surface area (Å²) in [5, 5.41) is 5.35. The molecule has 2 rings (SSSR count). The van der Waals surface area contributed by atoms with Crippen molar-refractivity contribution in [2.24, 2.45) is 5.92 Å². The van der Waals surface area contributed by atoms with Gasteiger partial charge in [0.25, 0.3) is 0 Å². The lowest BCUT2D eigenvalue weighted by Crippen LogP contribution is -2.39. The standard InChI is InChI=1S/C20H25N3O3/c1-5-14-6-8-15(9-7-14)18(13(2)3)23-20(25)19(24)22-16-10-11-17(26-4)21-12-16/h6-13,18H,5H2,1-4H3,(H,22,24)(H,23,25). The molecule has 0 spiro atoms. The largest absolute Gasteiger partial charge is 0.481 e. The fraction of sp³-hybridized carbons (Fsp3) is 0.350. The van der Waals surface area contributed by atoms with Crippen molar-refractivity contribution in [3.63, 3.8) is 0 Å². The van der Waals surface area contributed by atoms with Crippen LogP contribution in [-0.4, -0.2) is 23.9 Å². The highest BCUT2D eigenvalue weighted by Crippen LogP contribution is 2.22. The molecular weight excluding hydrogens is 330 g/mol. The van der Waals surface area contributed by atoms with Gasteiger partial charge in [0.2, 0.25) is 5.88 Å². The maximum Gasteiger partial charge on any atom is 0.313 e. The molecule has 6 heteroatoms. The van der Waals surface area contributed by atoms with E-state index in [1.807, 2.05) is 38.1 Å². The number of methoxy groups -OCH3 is 1. The summed E-state index contributed by atoms with van der Waals surface area (Å²) in [6.07, 6.45) is 2.39. The fourth-order valence-corrected chi connectivity index (χ4v) is 2.57. The third-order valence-corrected chi connectivity index (χ3v) is 4.11. The number of carbonyl (C=O) groups is 2. The van der Waals surface area contributed by atoms with Gasteiger partial charge in [-0.25, -0.2) is 4.98 Å². The van der Waals surface area contributed by atoms with Gasteiger partial charge in [-0.1, -0.05) is 45.0 Å². The minimum atomic E-state index is -0.729. The zero-order chi connectivity index (χ0) is 19.1. The Morgan fingerprint density at radius 3 is 2.27 bits per heavy atom. The number of carbonyl (C=O) groups excluding carboxylic acids is 2. The molecule has 1 unspecified atom stereocenters. The summed E-state index contributed by atoms with van der Waals surface area (Å²) < 4.78 is 4.96. The van der Waals surface area contributed by atoms with Gasteiger partial charge in [0.1, 0.15) is 0 Å². The maximum atomic E-state index is 12.3. The number of pyridine rings is 1. The number of aryl methyl sites for hydroxylation is 1. The second-order valence-electron chi connectivity index (χ2n) is 6.33. The van der Waals surface area contributed by atoms with Gasteiger partial charge in [0.05, 0.1) is 25.0 Å². The Balaban J connectivity index is 2.04. The average molecular weight is 355 g/mol. The molecule has 0 aliphatic rings. The van der Waals surface area contributed by atoms with Crippen LogP contribution in [0.15, 0.2) is 42.6 Å². The SMILES string of the molecule is CCc1ccc(C(NC(=O)C(=O)Nc2ccc(OC)nc2)C(C)C)cc1. The van der Waals surface area contributed by atoms with Crippen molar-refractivity contribution in [2.75, 3.05) is 12.4 Å². The highest BCUT2D eigenvalue weighted by atomic mass is 16.5. The van der Waals surface area contributed by atoms with E-state index >= 15 is 0 Å². The predicted octanol–water partition coefficient (Wildman–Crippen LogP) is 3.10. The van der Waals surface area contributed by atoms with E-state index in [1.54, 1.807) is 12.1 Å². The molecule has 2 N–H and O–H groups in total. The minimum Gasteiger partial charge on any atom is -0.481 e. The summed E-state index contributed by atoms with van der Waals surface area (Å²) in [5.41, 5.74) is 2.64. The first-order chi connectivity index (χ1) is 12.4. The second-order valence-corrected chi connectivity index (χ2v) is 6.33. The Morgan fingerprint density at radius 2 is 1.77 bits per heavy atom. The third-order valence-electron chi connectivity index (χ3n) is 4.11. The first-order valence-electron chi connectivity index (χ1n) is 8.65. The molecule has 0 saturated heterocycles. The van der Waals surface area contributed by atoms with Crippen molar-refractivity contribution in [1.82, 2.24) is 10.3 Å². The van der Waals surface area contributed by atoms with Crippen LogP contribution < -0.4 is 15.4 Å². The van der Waals surface area contributed by atoms with Crippen molar-refractivity contribution in [2.45, 2.75) is 33.2 Å². The van der Waals surface area contributed by atoms with Gasteiger partial charge < -0.3 is 15.4 Å². The van der Waals surface area contributed by atoms with Crippen molar-refractivity contribution < 1.29 is 14.3 Å². The van der Waals surface area contributed by atoms with E-state index in [4.69, 9.17) is 4.74 Å². The van der Waals surface area contributed by atoms with E-state index in [-0.39, 0.29) is 12.0 Å². The van der Waals surface area contributed by atoms with E-state index in [0.29, 0.717) is 11.6 Å². The number of hydrogen-bond acceptors (Lipinski definition) is 4. The molecule has 2 amide bonds.